The van der Waals surface area contributed by atoms with E-state index in [0.717, 1.165) is 30.5 Å². The van der Waals surface area contributed by atoms with E-state index in [1.54, 1.807) is 0 Å². The lowest BCUT2D eigenvalue weighted by atomic mass is 9.71. The van der Waals surface area contributed by atoms with Crippen LogP contribution in [0.5, 0.6) is 0 Å². The average Bonchev–Trinajstić information content (AvgIpc) is 2.60. The van der Waals surface area contributed by atoms with Crippen LogP contribution in [0.4, 0.5) is 0 Å². The maximum Gasteiger partial charge on any atom is 0.321 e. The van der Waals surface area contributed by atoms with Crippen LogP contribution in [-0.4, -0.2) is 38.1 Å². The Balaban J connectivity index is 0.00000312. The molecule has 2 rings (SSSR count). The van der Waals surface area contributed by atoms with E-state index < -0.39 is 5.41 Å². The molecule has 25 heavy (non-hydrogen) atoms. The van der Waals surface area contributed by atoms with Gasteiger partial charge in [0.25, 0.3) is 0 Å². The number of ether oxygens (including phenoxy) is 1. The molecule has 0 aliphatic rings. The largest absolute Gasteiger partial charge is 0.463 e. The van der Waals surface area contributed by atoms with Gasteiger partial charge in [0.15, 0.2) is 0 Å². The molecule has 0 saturated heterocycles. The van der Waals surface area contributed by atoms with Crippen LogP contribution in [0.15, 0.2) is 60.7 Å². The molecule has 0 radical (unpaired) electrons. The minimum absolute atomic E-state index is 0. The molecule has 0 aromatic heterocycles. The molecular weight excluding hydrogens is 334 g/mol. The molecule has 3 nitrogen and oxygen atoms in total. The number of likely N-dealkylation sites (N-methyl/N-ethyl adjacent to an activating group) is 1. The van der Waals surface area contributed by atoms with Crippen molar-refractivity contribution in [3.05, 3.63) is 71.8 Å². The molecule has 0 saturated carbocycles. The zero-order valence-electron chi connectivity index (χ0n) is 15.3. The Morgan fingerprint density at radius 2 is 1.44 bits per heavy atom. The van der Waals surface area contributed by atoms with Gasteiger partial charge in [0.1, 0.15) is 12.0 Å². The van der Waals surface area contributed by atoms with Crippen LogP contribution in [0, 0.1) is 0 Å². The zero-order valence-corrected chi connectivity index (χ0v) is 16.1. The van der Waals surface area contributed by atoms with Gasteiger partial charge in [0.05, 0.1) is 0 Å². The molecular formula is C21H28ClNO2. The van der Waals surface area contributed by atoms with Crippen molar-refractivity contribution < 1.29 is 9.53 Å². The highest BCUT2D eigenvalue weighted by Crippen LogP contribution is 2.38. The summed E-state index contributed by atoms with van der Waals surface area (Å²) in [5, 5.41) is 0. The number of benzene rings is 2. The minimum atomic E-state index is -0.746. The van der Waals surface area contributed by atoms with Crippen LogP contribution < -0.4 is 0 Å². The summed E-state index contributed by atoms with van der Waals surface area (Å²) in [4.78, 5) is 15.2. The number of carbonyl (C=O) groups excluding carboxylic acids is 1. The van der Waals surface area contributed by atoms with Gasteiger partial charge in [-0.2, -0.15) is 0 Å². The van der Waals surface area contributed by atoms with Gasteiger partial charge in [-0.15, -0.1) is 12.4 Å². The Bertz CT molecular complexity index is 589. The zero-order chi connectivity index (χ0) is 17.4. The SMILES string of the molecule is CCCC(C(=O)OCCN(C)C)(c1ccccc1)c1ccccc1.Cl. The summed E-state index contributed by atoms with van der Waals surface area (Å²) in [6.07, 6.45) is 1.62. The highest BCUT2D eigenvalue weighted by molar-refractivity contribution is 5.87. The van der Waals surface area contributed by atoms with Crippen molar-refractivity contribution >= 4 is 18.4 Å². The van der Waals surface area contributed by atoms with E-state index in [-0.39, 0.29) is 18.4 Å². The Hall–Kier alpha value is -1.84. The van der Waals surface area contributed by atoms with Gasteiger partial charge in [-0.05, 0) is 31.6 Å². The third kappa shape index (κ3) is 5.07. The van der Waals surface area contributed by atoms with Crippen molar-refractivity contribution in [1.29, 1.82) is 0 Å². The second-order valence-electron chi connectivity index (χ2n) is 6.33. The average molecular weight is 362 g/mol. The molecule has 0 spiro atoms. The number of hydrogen-bond acceptors (Lipinski definition) is 3. The van der Waals surface area contributed by atoms with Gasteiger partial charge in [0, 0.05) is 6.54 Å². The van der Waals surface area contributed by atoms with Crippen LogP contribution in [-0.2, 0) is 14.9 Å². The van der Waals surface area contributed by atoms with Crippen molar-refractivity contribution in [3.8, 4) is 0 Å². The molecule has 0 amide bonds. The molecule has 0 N–H and O–H groups in total. The monoisotopic (exact) mass is 361 g/mol. The summed E-state index contributed by atoms with van der Waals surface area (Å²) in [6, 6.07) is 20.0. The first-order valence-electron chi connectivity index (χ1n) is 8.54. The second kappa shape index (κ2) is 10.2. The van der Waals surface area contributed by atoms with E-state index in [9.17, 15) is 4.79 Å². The first kappa shape index (κ1) is 21.2. The van der Waals surface area contributed by atoms with Gasteiger partial charge in [0.2, 0.25) is 0 Å². The summed E-state index contributed by atoms with van der Waals surface area (Å²) in [6.45, 7) is 3.22. The third-order valence-electron chi connectivity index (χ3n) is 4.28. The Morgan fingerprint density at radius 1 is 0.960 bits per heavy atom. The Labute approximate surface area is 157 Å². The van der Waals surface area contributed by atoms with Crippen molar-refractivity contribution in [2.24, 2.45) is 0 Å². The number of rotatable bonds is 8. The second-order valence-corrected chi connectivity index (χ2v) is 6.33. The van der Waals surface area contributed by atoms with Gasteiger partial charge in [-0.1, -0.05) is 74.0 Å². The van der Waals surface area contributed by atoms with Crippen LogP contribution in [0.25, 0.3) is 0 Å². The molecule has 2 aromatic rings. The molecule has 0 fully saturated rings. The molecule has 2 aromatic carbocycles. The first-order chi connectivity index (χ1) is 11.6. The highest BCUT2D eigenvalue weighted by Gasteiger charge is 2.42. The van der Waals surface area contributed by atoms with Gasteiger partial charge < -0.3 is 9.64 Å². The van der Waals surface area contributed by atoms with E-state index in [4.69, 9.17) is 4.74 Å². The van der Waals surface area contributed by atoms with Gasteiger partial charge >= 0.3 is 5.97 Å². The van der Waals surface area contributed by atoms with Crippen molar-refractivity contribution in [3.63, 3.8) is 0 Å². The molecule has 0 unspecified atom stereocenters. The first-order valence-corrected chi connectivity index (χ1v) is 8.54. The Kier molecular flexibility index (Phi) is 8.67. The number of hydrogen-bond donors (Lipinski definition) is 0. The summed E-state index contributed by atoms with van der Waals surface area (Å²) in [5.41, 5.74) is 1.24. The van der Waals surface area contributed by atoms with Crippen LogP contribution in [0.3, 0.4) is 0 Å². The topological polar surface area (TPSA) is 29.5 Å². The van der Waals surface area contributed by atoms with Crippen molar-refractivity contribution in [1.82, 2.24) is 4.90 Å². The minimum Gasteiger partial charge on any atom is -0.463 e. The van der Waals surface area contributed by atoms with Gasteiger partial charge in [-0.3, -0.25) is 4.79 Å². The fraction of sp³-hybridized carbons (Fsp3) is 0.381. The van der Waals surface area contributed by atoms with Crippen LogP contribution in [0.2, 0.25) is 0 Å². The lowest BCUT2D eigenvalue weighted by Gasteiger charge is -2.32. The molecule has 0 atom stereocenters. The summed E-state index contributed by atoms with van der Waals surface area (Å²) in [7, 11) is 3.95. The molecule has 0 aliphatic carbocycles. The van der Waals surface area contributed by atoms with Crippen LogP contribution in [0.1, 0.15) is 30.9 Å². The summed E-state index contributed by atoms with van der Waals surface area (Å²) < 4.78 is 5.70. The lowest BCUT2D eigenvalue weighted by molar-refractivity contribution is -0.149. The van der Waals surface area contributed by atoms with Gasteiger partial charge in [-0.25, -0.2) is 0 Å². The molecule has 0 heterocycles. The summed E-state index contributed by atoms with van der Waals surface area (Å²) >= 11 is 0. The molecule has 4 heteroatoms. The lowest BCUT2D eigenvalue weighted by Crippen LogP contribution is -2.39. The van der Waals surface area contributed by atoms with Crippen molar-refractivity contribution in [2.75, 3.05) is 27.2 Å². The maximum atomic E-state index is 13.2. The highest BCUT2D eigenvalue weighted by atomic mass is 35.5. The van der Waals surface area contributed by atoms with E-state index in [1.807, 2.05) is 79.7 Å². The van der Waals surface area contributed by atoms with E-state index in [0.29, 0.717) is 6.61 Å². The van der Waals surface area contributed by atoms with E-state index in [2.05, 4.69) is 6.92 Å². The predicted octanol–water partition coefficient (Wildman–Crippen LogP) is 4.30. The van der Waals surface area contributed by atoms with Crippen molar-refractivity contribution in [2.45, 2.75) is 25.2 Å². The smallest absolute Gasteiger partial charge is 0.321 e. The number of esters is 1. The quantitative estimate of drug-likeness (QED) is 0.656. The number of halogens is 1. The molecule has 0 bridgehead atoms. The normalized spacial score (nSPS) is 11.0. The summed E-state index contributed by atoms with van der Waals surface area (Å²) in [5.74, 6) is -0.163. The van der Waals surface area contributed by atoms with E-state index >= 15 is 0 Å². The van der Waals surface area contributed by atoms with E-state index in [1.165, 1.54) is 0 Å². The predicted molar refractivity (Wildman–Crippen MR) is 105 cm³/mol. The molecule has 136 valence electrons. The Morgan fingerprint density at radius 3 is 1.84 bits per heavy atom. The van der Waals surface area contributed by atoms with Crippen LogP contribution >= 0.6 is 12.4 Å². The molecule has 0 aliphatic heterocycles. The number of nitrogens with zero attached hydrogens (tertiary/aromatic N) is 1. The fourth-order valence-corrected chi connectivity index (χ4v) is 3.06. The third-order valence-corrected chi connectivity index (χ3v) is 4.28. The maximum absolute atomic E-state index is 13.2. The number of carbonyl (C=O) groups is 1. The fourth-order valence-electron chi connectivity index (χ4n) is 3.06. The standard InChI is InChI=1S/C21H27NO2.ClH/c1-4-15-21(18-11-7-5-8-12-18,19-13-9-6-10-14-19)20(23)24-17-16-22(2)3;/h5-14H,4,15-17H2,1-3H3;1H.